The van der Waals surface area contributed by atoms with Gasteiger partial charge in [-0.3, -0.25) is 14.3 Å². The summed E-state index contributed by atoms with van der Waals surface area (Å²) in [5.41, 5.74) is 5.33. The third-order valence-electron chi connectivity index (χ3n) is 5.14. The van der Waals surface area contributed by atoms with Crippen LogP contribution in [0.4, 0.5) is 0 Å². The van der Waals surface area contributed by atoms with E-state index in [1.54, 1.807) is 21.9 Å². The number of rotatable bonds is 5. The van der Waals surface area contributed by atoms with Gasteiger partial charge in [-0.15, -0.1) is 0 Å². The van der Waals surface area contributed by atoms with Crippen molar-refractivity contribution in [3.8, 4) is 0 Å². The number of hydrogen-bond acceptors (Lipinski definition) is 5. The van der Waals surface area contributed by atoms with E-state index in [0.717, 1.165) is 28.8 Å². The van der Waals surface area contributed by atoms with Crippen LogP contribution in [-0.2, 0) is 21.4 Å². The van der Waals surface area contributed by atoms with Crippen molar-refractivity contribution in [2.45, 2.75) is 26.7 Å². The summed E-state index contributed by atoms with van der Waals surface area (Å²) in [4.78, 5) is 26.1. The Morgan fingerprint density at radius 1 is 1.31 bits per heavy atom. The molecular formula is C22H24ClN3O3. The SMILES string of the molecule is C=C1C(C(C)=O)=CC2=C(CC(CC)=CC(c3cnn(C)c3)=C2Cl)N1CC(=O)OC. The van der Waals surface area contributed by atoms with E-state index in [4.69, 9.17) is 16.3 Å². The van der Waals surface area contributed by atoms with Crippen LogP contribution in [0.5, 0.6) is 0 Å². The molecule has 0 saturated heterocycles. The molecule has 0 spiro atoms. The van der Waals surface area contributed by atoms with Crippen LogP contribution in [0.25, 0.3) is 5.57 Å². The Hall–Kier alpha value is -2.86. The van der Waals surface area contributed by atoms with Crippen molar-refractivity contribution in [2.24, 2.45) is 7.05 Å². The predicted octanol–water partition coefficient (Wildman–Crippen LogP) is 3.88. The van der Waals surface area contributed by atoms with Crippen molar-refractivity contribution >= 4 is 28.9 Å². The van der Waals surface area contributed by atoms with Crippen LogP contribution in [0.3, 0.4) is 0 Å². The molecule has 0 saturated carbocycles. The Labute approximate surface area is 175 Å². The van der Waals surface area contributed by atoms with E-state index >= 15 is 0 Å². The highest BCUT2D eigenvalue weighted by Gasteiger charge is 2.31. The van der Waals surface area contributed by atoms with Gasteiger partial charge >= 0.3 is 5.97 Å². The Morgan fingerprint density at radius 2 is 2.03 bits per heavy atom. The molecule has 0 bridgehead atoms. The summed E-state index contributed by atoms with van der Waals surface area (Å²) in [6, 6.07) is 0. The van der Waals surface area contributed by atoms with Crippen molar-refractivity contribution in [1.82, 2.24) is 14.7 Å². The molecule has 0 radical (unpaired) electrons. The van der Waals surface area contributed by atoms with E-state index in [0.29, 0.717) is 28.3 Å². The largest absolute Gasteiger partial charge is 0.468 e. The summed E-state index contributed by atoms with van der Waals surface area (Å²) < 4.78 is 6.58. The lowest BCUT2D eigenvalue weighted by atomic mass is 9.94. The molecule has 2 heterocycles. The lowest BCUT2D eigenvalue weighted by Crippen LogP contribution is -2.34. The first kappa shape index (κ1) is 20.9. The highest BCUT2D eigenvalue weighted by atomic mass is 35.5. The molecule has 0 unspecified atom stereocenters. The zero-order valence-electron chi connectivity index (χ0n) is 17.1. The lowest BCUT2D eigenvalue weighted by molar-refractivity contribution is -0.141. The maximum absolute atomic E-state index is 12.3. The third kappa shape index (κ3) is 3.98. The minimum absolute atomic E-state index is 0.0395. The van der Waals surface area contributed by atoms with Crippen molar-refractivity contribution in [3.63, 3.8) is 0 Å². The van der Waals surface area contributed by atoms with Gasteiger partial charge in [-0.05, 0) is 19.4 Å². The first-order valence-electron chi connectivity index (χ1n) is 9.34. The van der Waals surface area contributed by atoms with Crippen molar-refractivity contribution in [3.05, 3.63) is 69.8 Å². The summed E-state index contributed by atoms with van der Waals surface area (Å²) >= 11 is 6.89. The maximum atomic E-state index is 12.3. The highest BCUT2D eigenvalue weighted by Crippen LogP contribution is 2.42. The predicted molar refractivity (Wildman–Crippen MR) is 113 cm³/mol. The average Bonchev–Trinajstić information content (AvgIpc) is 3.06. The highest BCUT2D eigenvalue weighted by molar-refractivity contribution is 6.36. The van der Waals surface area contributed by atoms with E-state index in [1.807, 2.05) is 13.2 Å². The monoisotopic (exact) mass is 413 g/mol. The normalized spacial score (nSPS) is 17.0. The van der Waals surface area contributed by atoms with Gasteiger partial charge in [0, 0.05) is 53.3 Å². The van der Waals surface area contributed by atoms with Gasteiger partial charge in [0.05, 0.1) is 18.3 Å². The van der Waals surface area contributed by atoms with E-state index in [2.05, 4.69) is 24.7 Å². The molecule has 0 fully saturated rings. The standard InChI is InChI=1S/C22H24ClN3O3/c1-6-15-7-18(16-10-24-25(4)11-16)22(23)19-9-17(14(3)27)13(2)26(20(19)8-15)12-21(28)29-5/h7,9-11H,2,6,8,12H2,1,3-5H3. The Kier molecular flexibility index (Phi) is 5.94. The fraction of sp³-hybridized carbons (Fsp3) is 0.318. The molecule has 1 aliphatic heterocycles. The fourth-order valence-electron chi connectivity index (χ4n) is 3.51. The number of ketones is 1. The second-order valence-electron chi connectivity index (χ2n) is 7.05. The number of carbonyl (C=O) groups is 2. The quantitative estimate of drug-likeness (QED) is 0.685. The molecule has 2 aliphatic rings. The minimum Gasteiger partial charge on any atom is -0.468 e. The number of hydrogen-bond donors (Lipinski definition) is 0. The van der Waals surface area contributed by atoms with Crippen molar-refractivity contribution < 1.29 is 14.3 Å². The second-order valence-corrected chi connectivity index (χ2v) is 7.42. The second kappa shape index (κ2) is 8.25. The molecule has 1 aromatic heterocycles. The molecule has 0 amide bonds. The molecule has 1 aliphatic carbocycles. The maximum Gasteiger partial charge on any atom is 0.325 e. The average molecular weight is 414 g/mol. The lowest BCUT2D eigenvalue weighted by Gasteiger charge is -2.34. The fourth-order valence-corrected chi connectivity index (χ4v) is 3.84. The third-order valence-corrected chi connectivity index (χ3v) is 5.55. The number of halogens is 1. The summed E-state index contributed by atoms with van der Waals surface area (Å²) in [5.74, 6) is -0.557. The molecule has 152 valence electrons. The minimum atomic E-state index is -0.415. The molecule has 29 heavy (non-hydrogen) atoms. The molecule has 0 atom stereocenters. The van der Waals surface area contributed by atoms with Gasteiger partial charge in [-0.1, -0.05) is 36.8 Å². The number of Topliss-reactive ketones (excluding diaryl/α,β-unsaturated/α-hetero) is 1. The first-order valence-corrected chi connectivity index (χ1v) is 9.72. The number of ether oxygens (including phenoxy) is 1. The van der Waals surface area contributed by atoms with Crippen LogP contribution < -0.4 is 0 Å². The van der Waals surface area contributed by atoms with Crippen molar-refractivity contribution in [1.29, 1.82) is 0 Å². The Balaban J connectivity index is 2.26. The van der Waals surface area contributed by atoms with E-state index in [1.165, 1.54) is 14.0 Å². The van der Waals surface area contributed by atoms with E-state index < -0.39 is 5.97 Å². The summed E-state index contributed by atoms with van der Waals surface area (Å²) in [7, 11) is 3.18. The van der Waals surface area contributed by atoms with Gasteiger partial charge < -0.3 is 9.64 Å². The Morgan fingerprint density at radius 3 is 2.59 bits per heavy atom. The number of esters is 1. The number of nitrogens with zero attached hydrogens (tertiary/aromatic N) is 3. The van der Waals surface area contributed by atoms with Gasteiger partial charge in [-0.25, -0.2) is 0 Å². The van der Waals surface area contributed by atoms with Gasteiger partial charge in [-0.2, -0.15) is 5.10 Å². The van der Waals surface area contributed by atoms with E-state index in [9.17, 15) is 9.59 Å². The molecule has 0 N–H and O–H groups in total. The molecule has 3 rings (SSSR count). The Bertz CT molecular complexity index is 1020. The topological polar surface area (TPSA) is 64.4 Å². The van der Waals surface area contributed by atoms with Crippen LogP contribution in [0.2, 0.25) is 0 Å². The summed E-state index contributed by atoms with van der Waals surface area (Å²) in [6.45, 7) is 7.58. The zero-order chi connectivity index (χ0) is 21.3. The number of aromatic nitrogens is 2. The number of methoxy groups -OCH3 is 1. The molecular weight excluding hydrogens is 390 g/mol. The van der Waals surface area contributed by atoms with Gasteiger partial charge in [0.1, 0.15) is 6.54 Å². The van der Waals surface area contributed by atoms with Gasteiger partial charge in [0.2, 0.25) is 0 Å². The van der Waals surface area contributed by atoms with Gasteiger partial charge in [0.25, 0.3) is 0 Å². The summed E-state index contributed by atoms with van der Waals surface area (Å²) in [6.07, 6.45) is 8.90. The number of carbonyl (C=O) groups excluding carboxylic acids is 2. The van der Waals surface area contributed by atoms with Crippen molar-refractivity contribution in [2.75, 3.05) is 13.7 Å². The first-order chi connectivity index (χ1) is 13.8. The zero-order valence-corrected chi connectivity index (χ0v) is 17.8. The van der Waals surface area contributed by atoms with Crippen LogP contribution in [0.1, 0.15) is 32.3 Å². The van der Waals surface area contributed by atoms with Crippen LogP contribution in [-0.4, -0.2) is 40.1 Å². The van der Waals surface area contributed by atoms with E-state index in [-0.39, 0.29) is 12.3 Å². The van der Waals surface area contributed by atoms with Gasteiger partial charge in [0.15, 0.2) is 5.78 Å². The molecule has 1 aromatic rings. The smallest absolute Gasteiger partial charge is 0.325 e. The summed E-state index contributed by atoms with van der Waals surface area (Å²) in [5, 5.41) is 4.77. The van der Waals surface area contributed by atoms with Crippen LogP contribution in [0, 0.1) is 0 Å². The van der Waals surface area contributed by atoms with Crippen LogP contribution >= 0.6 is 11.6 Å². The molecule has 6 nitrogen and oxygen atoms in total. The number of allylic oxidation sites excluding steroid dienone is 7. The van der Waals surface area contributed by atoms with Crippen LogP contribution in [0.15, 0.2) is 64.3 Å². The molecule has 0 aromatic carbocycles. The number of aryl methyl sites for hydroxylation is 1. The molecule has 7 heteroatoms.